The highest BCUT2D eigenvalue weighted by Gasteiger charge is 2.02. The molecule has 0 bridgehead atoms. The van der Waals surface area contributed by atoms with Crippen molar-refractivity contribution in [2.45, 2.75) is 19.9 Å². The van der Waals surface area contributed by atoms with E-state index in [1.165, 1.54) is 0 Å². The largest absolute Gasteiger partial charge is 0.481 e. The lowest BCUT2D eigenvalue weighted by molar-refractivity contribution is 0.397. The molecule has 0 amide bonds. The minimum atomic E-state index is 0.631. The second-order valence-corrected chi connectivity index (χ2v) is 4.02. The number of ether oxygens (including phenoxy) is 1. The van der Waals surface area contributed by atoms with Crippen molar-refractivity contribution in [2.24, 2.45) is 0 Å². The fourth-order valence-corrected chi connectivity index (χ4v) is 1.67. The van der Waals surface area contributed by atoms with Crippen molar-refractivity contribution >= 4 is 0 Å². The molecule has 0 aliphatic carbocycles. The summed E-state index contributed by atoms with van der Waals surface area (Å²) in [4.78, 5) is 11.8. The van der Waals surface area contributed by atoms with Crippen LogP contribution in [0.4, 0.5) is 0 Å². The SMILES string of the molecule is CCNCc1cnc(Cc2ccc(OC)nc2)[nH]1. The third kappa shape index (κ3) is 3.30. The van der Waals surface area contributed by atoms with Gasteiger partial charge < -0.3 is 15.0 Å². The normalized spacial score (nSPS) is 10.6. The Morgan fingerprint density at radius 1 is 1.28 bits per heavy atom. The summed E-state index contributed by atoms with van der Waals surface area (Å²) >= 11 is 0. The Labute approximate surface area is 107 Å². The van der Waals surface area contributed by atoms with Crippen LogP contribution in [0.5, 0.6) is 5.88 Å². The number of rotatable bonds is 6. The Balaban J connectivity index is 1.97. The van der Waals surface area contributed by atoms with Crippen LogP contribution in [-0.2, 0) is 13.0 Å². The zero-order valence-electron chi connectivity index (χ0n) is 10.7. The molecule has 0 saturated heterocycles. The third-order valence-electron chi connectivity index (χ3n) is 2.62. The van der Waals surface area contributed by atoms with E-state index in [0.29, 0.717) is 5.88 Å². The van der Waals surface area contributed by atoms with Gasteiger partial charge in [0.2, 0.25) is 5.88 Å². The molecule has 0 fully saturated rings. The van der Waals surface area contributed by atoms with Gasteiger partial charge in [0.15, 0.2) is 0 Å². The maximum absolute atomic E-state index is 5.02. The van der Waals surface area contributed by atoms with Gasteiger partial charge >= 0.3 is 0 Å². The van der Waals surface area contributed by atoms with E-state index < -0.39 is 0 Å². The van der Waals surface area contributed by atoms with Crippen molar-refractivity contribution < 1.29 is 4.74 Å². The third-order valence-corrected chi connectivity index (χ3v) is 2.62. The summed E-state index contributed by atoms with van der Waals surface area (Å²) in [5.74, 6) is 1.58. The molecule has 0 saturated carbocycles. The number of pyridine rings is 1. The van der Waals surface area contributed by atoms with Gasteiger partial charge in [-0.1, -0.05) is 13.0 Å². The predicted octanol–water partition coefficient (Wildman–Crippen LogP) is 1.51. The number of H-pyrrole nitrogens is 1. The van der Waals surface area contributed by atoms with Gasteiger partial charge in [0, 0.05) is 37.1 Å². The van der Waals surface area contributed by atoms with Gasteiger partial charge in [-0.3, -0.25) is 0 Å². The number of hydrogen-bond donors (Lipinski definition) is 2. The van der Waals surface area contributed by atoms with E-state index in [1.807, 2.05) is 24.5 Å². The second-order valence-electron chi connectivity index (χ2n) is 4.02. The van der Waals surface area contributed by atoms with Crippen LogP contribution in [0.15, 0.2) is 24.5 Å². The molecule has 2 aromatic rings. The van der Waals surface area contributed by atoms with Gasteiger partial charge in [0.1, 0.15) is 5.82 Å². The molecular weight excluding hydrogens is 228 g/mol. The van der Waals surface area contributed by atoms with Crippen LogP contribution in [0, 0.1) is 0 Å². The van der Waals surface area contributed by atoms with Gasteiger partial charge in [-0.05, 0) is 12.1 Å². The van der Waals surface area contributed by atoms with E-state index in [9.17, 15) is 0 Å². The molecule has 2 N–H and O–H groups in total. The number of aromatic amines is 1. The van der Waals surface area contributed by atoms with E-state index >= 15 is 0 Å². The lowest BCUT2D eigenvalue weighted by Crippen LogP contribution is -2.11. The van der Waals surface area contributed by atoms with E-state index in [-0.39, 0.29) is 0 Å². The quantitative estimate of drug-likeness (QED) is 0.811. The molecule has 0 unspecified atom stereocenters. The molecule has 5 nitrogen and oxygen atoms in total. The molecule has 0 atom stereocenters. The van der Waals surface area contributed by atoms with Gasteiger partial charge in [0.05, 0.1) is 7.11 Å². The number of hydrogen-bond acceptors (Lipinski definition) is 4. The molecule has 2 heterocycles. The Hall–Kier alpha value is -1.88. The molecule has 0 aliphatic heterocycles. The number of nitrogens with zero attached hydrogens (tertiary/aromatic N) is 2. The molecule has 0 aliphatic rings. The lowest BCUT2D eigenvalue weighted by atomic mass is 10.2. The topological polar surface area (TPSA) is 62.8 Å². The molecule has 0 radical (unpaired) electrons. The maximum atomic E-state index is 5.02. The van der Waals surface area contributed by atoms with Gasteiger partial charge in [-0.25, -0.2) is 9.97 Å². The van der Waals surface area contributed by atoms with Gasteiger partial charge in [-0.15, -0.1) is 0 Å². The van der Waals surface area contributed by atoms with Crippen molar-refractivity contribution in [2.75, 3.05) is 13.7 Å². The Morgan fingerprint density at radius 2 is 2.17 bits per heavy atom. The molecule has 5 heteroatoms. The van der Waals surface area contributed by atoms with Crippen molar-refractivity contribution in [3.8, 4) is 5.88 Å². The van der Waals surface area contributed by atoms with E-state index in [0.717, 1.165) is 36.6 Å². The summed E-state index contributed by atoms with van der Waals surface area (Å²) < 4.78 is 5.02. The summed E-state index contributed by atoms with van der Waals surface area (Å²) in [5, 5.41) is 3.26. The molecule has 2 rings (SSSR count). The second kappa shape index (κ2) is 6.16. The highest BCUT2D eigenvalue weighted by molar-refractivity contribution is 5.21. The number of aromatic nitrogens is 3. The van der Waals surface area contributed by atoms with Crippen LogP contribution in [0.1, 0.15) is 24.0 Å². The Bertz CT molecular complexity index is 478. The zero-order valence-corrected chi connectivity index (χ0v) is 10.7. The molecule has 18 heavy (non-hydrogen) atoms. The minimum absolute atomic E-state index is 0.631. The molecule has 0 spiro atoms. The summed E-state index contributed by atoms with van der Waals surface area (Å²) in [6.07, 6.45) is 4.43. The lowest BCUT2D eigenvalue weighted by Gasteiger charge is -2.01. The molecule has 96 valence electrons. The number of imidazole rings is 1. The monoisotopic (exact) mass is 246 g/mol. The highest BCUT2D eigenvalue weighted by Crippen LogP contribution is 2.10. The maximum Gasteiger partial charge on any atom is 0.212 e. The van der Waals surface area contributed by atoms with Crippen LogP contribution < -0.4 is 10.1 Å². The highest BCUT2D eigenvalue weighted by atomic mass is 16.5. The van der Waals surface area contributed by atoms with Crippen LogP contribution in [0.3, 0.4) is 0 Å². The first-order valence-corrected chi connectivity index (χ1v) is 6.04. The smallest absolute Gasteiger partial charge is 0.212 e. The van der Waals surface area contributed by atoms with E-state index in [1.54, 1.807) is 7.11 Å². The van der Waals surface area contributed by atoms with Gasteiger partial charge in [-0.2, -0.15) is 0 Å². The molecule has 0 aromatic carbocycles. The summed E-state index contributed by atoms with van der Waals surface area (Å²) in [6, 6.07) is 3.86. The zero-order chi connectivity index (χ0) is 12.8. The van der Waals surface area contributed by atoms with Crippen molar-refractivity contribution in [3.63, 3.8) is 0 Å². The van der Waals surface area contributed by atoms with Crippen LogP contribution in [0.2, 0.25) is 0 Å². The van der Waals surface area contributed by atoms with Crippen molar-refractivity contribution in [1.82, 2.24) is 20.3 Å². The summed E-state index contributed by atoms with van der Waals surface area (Å²) in [6.45, 7) is 3.86. The standard InChI is InChI=1S/C13H18N4O/c1-3-14-8-11-9-15-12(17-11)6-10-4-5-13(18-2)16-7-10/h4-5,7,9,14H,3,6,8H2,1-2H3,(H,15,17). The van der Waals surface area contributed by atoms with Crippen LogP contribution in [0.25, 0.3) is 0 Å². The Kier molecular flexibility index (Phi) is 4.30. The fourth-order valence-electron chi connectivity index (χ4n) is 1.67. The number of nitrogens with one attached hydrogen (secondary N) is 2. The van der Waals surface area contributed by atoms with Crippen molar-refractivity contribution in [1.29, 1.82) is 0 Å². The Morgan fingerprint density at radius 3 is 2.83 bits per heavy atom. The summed E-state index contributed by atoms with van der Waals surface area (Å²) in [5.41, 5.74) is 2.22. The van der Waals surface area contributed by atoms with E-state index in [4.69, 9.17) is 4.74 Å². The average molecular weight is 246 g/mol. The van der Waals surface area contributed by atoms with Gasteiger partial charge in [0.25, 0.3) is 0 Å². The van der Waals surface area contributed by atoms with Crippen LogP contribution >= 0.6 is 0 Å². The first kappa shape index (κ1) is 12.6. The average Bonchev–Trinajstić information content (AvgIpc) is 2.85. The molecular formula is C13H18N4O. The van der Waals surface area contributed by atoms with Crippen LogP contribution in [-0.4, -0.2) is 28.6 Å². The predicted molar refractivity (Wildman–Crippen MR) is 69.6 cm³/mol. The number of methoxy groups -OCH3 is 1. The first-order chi connectivity index (χ1) is 8.81. The van der Waals surface area contributed by atoms with E-state index in [2.05, 4.69) is 27.2 Å². The first-order valence-electron chi connectivity index (χ1n) is 6.04. The fraction of sp³-hybridized carbons (Fsp3) is 0.385. The minimum Gasteiger partial charge on any atom is -0.481 e. The van der Waals surface area contributed by atoms with Crippen molar-refractivity contribution in [3.05, 3.63) is 41.6 Å². The summed E-state index contributed by atoms with van der Waals surface area (Å²) in [7, 11) is 1.61. The molecule has 2 aromatic heterocycles.